The first-order valence-electron chi connectivity index (χ1n) is 8.56. The number of rotatable bonds is 5. The van der Waals surface area contributed by atoms with Gasteiger partial charge in [0.05, 0.1) is 17.2 Å². The lowest BCUT2D eigenvalue weighted by atomic mass is 10.0. The maximum absolute atomic E-state index is 13.1. The summed E-state index contributed by atoms with van der Waals surface area (Å²) >= 11 is 0. The van der Waals surface area contributed by atoms with Gasteiger partial charge in [0.1, 0.15) is 0 Å². The second-order valence-electron chi connectivity index (χ2n) is 6.62. The number of hydrogen-bond donors (Lipinski definition) is 2. The van der Waals surface area contributed by atoms with E-state index in [1.54, 1.807) is 18.2 Å². The SMILES string of the molecule is CC(Nc1ccc(C#N)c(C(F)(F)F)c1)c1ccc(NC(=O)C2CC2)cc1. The number of nitriles is 1. The molecule has 1 amide bonds. The number of anilines is 2. The Bertz CT molecular complexity index is 881. The molecule has 0 saturated heterocycles. The predicted molar refractivity (Wildman–Crippen MR) is 96.0 cm³/mol. The fraction of sp³-hybridized carbons (Fsp3) is 0.300. The molecule has 2 aromatic rings. The molecule has 0 spiro atoms. The summed E-state index contributed by atoms with van der Waals surface area (Å²) in [5, 5.41) is 14.7. The Morgan fingerprint density at radius 3 is 2.33 bits per heavy atom. The van der Waals surface area contributed by atoms with Gasteiger partial charge < -0.3 is 10.6 Å². The maximum Gasteiger partial charge on any atom is 0.417 e. The van der Waals surface area contributed by atoms with Crippen molar-refractivity contribution in [1.29, 1.82) is 5.26 Å². The molecule has 0 bridgehead atoms. The first kappa shape index (κ1) is 18.8. The molecule has 140 valence electrons. The Balaban J connectivity index is 1.70. The van der Waals surface area contributed by atoms with Gasteiger partial charge in [-0.1, -0.05) is 12.1 Å². The van der Waals surface area contributed by atoms with Crippen molar-refractivity contribution in [2.75, 3.05) is 10.6 Å². The molecule has 7 heteroatoms. The summed E-state index contributed by atoms with van der Waals surface area (Å²) in [6.07, 6.45) is -2.74. The van der Waals surface area contributed by atoms with Crippen LogP contribution in [0.1, 0.15) is 42.5 Å². The molecule has 2 aromatic carbocycles. The summed E-state index contributed by atoms with van der Waals surface area (Å²) in [6.45, 7) is 1.82. The molecule has 1 aliphatic carbocycles. The van der Waals surface area contributed by atoms with Crippen molar-refractivity contribution in [3.8, 4) is 6.07 Å². The van der Waals surface area contributed by atoms with E-state index in [9.17, 15) is 18.0 Å². The van der Waals surface area contributed by atoms with Crippen molar-refractivity contribution in [3.63, 3.8) is 0 Å². The monoisotopic (exact) mass is 373 g/mol. The molecular formula is C20H18F3N3O. The van der Waals surface area contributed by atoms with Gasteiger partial charge in [-0.15, -0.1) is 0 Å². The van der Waals surface area contributed by atoms with E-state index in [0.29, 0.717) is 5.69 Å². The number of carbonyl (C=O) groups is 1. The molecule has 27 heavy (non-hydrogen) atoms. The van der Waals surface area contributed by atoms with Crippen LogP contribution in [-0.2, 0) is 11.0 Å². The van der Waals surface area contributed by atoms with Crippen LogP contribution in [0.15, 0.2) is 42.5 Å². The zero-order valence-electron chi connectivity index (χ0n) is 14.6. The topological polar surface area (TPSA) is 64.9 Å². The van der Waals surface area contributed by atoms with Gasteiger partial charge in [-0.3, -0.25) is 4.79 Å². The average Bonchev–Trinajstić information content (AvgIpc) is 3.46. The molecule has 0 aromatic heterocycles. The van der Waals surface area contributed by atoms with Gasteiger partial charge in [0, 0.05) is 23.3 Å². The molecule has 4 nitrogen and oxygen atoms in total. The average molecular weight is 373 g/mol. The highest BCUT2D eigenvalue weighted by Gasteiger charge is 2.34. The highest BCUT2D eigenvalue weighted by molar-refractivity contribution is 5.94. The summed E-state index contributed by atoms with van der Waals surface area (Å²) in [4.78, 5) is 11.8. The largest absolute Gasteiger partial charge is 0.417 e. The van der Waals surface area contributed by atoms with E-state index >= 15 is 0 Å². The van der Waals surface area contributed by atoms with E-state index in [-0.39, 0.29) is 23.6 Å². The van der Waals surface area contributed by atoms with Crippen molar-refractivity contribution < 1.29 is 18.0 Å². The normalized spacial score (nSPS) is 14.9. The molecule has 1 saturated carbocycles. The number of amides is 1. The molecule has 1 unspecified atom stereocenters. The third-order valence-electron chi connectivity index (χ3n) is 4.45. The van der Waals surface area contributed by atoms with Crippen LogP contribution in [-0.4, -0.2) is 5.91 Å². The van der Waals surface area contributed by atoms with Crippen molar-refractivity contribution in [1.82, 2.24) is 0 Å². The zero-order valence-corrected chi connectivity index (χ0v) is 14.6. The van der Waals surface area contributed by atoms with Crippen LogP contribution in [0.4, 0.5) is 24.5 Å². The summed E-state index contributed by atoms with van der Waals surface area (Å²) < 4.78 is 39.2. The Hall–Kier alpha value is -3.01. The Morgan fingerprint density at radius 2 is 1.78 bits per heavy atom. The van der Waals surface area contributed by atoms with Crippen molar-refractivity contribution in [2.24, 2.45) is 5.92 Å². The Labute approximate surface area is 155 Å². The minimum atomic E-state index is -4.59. The summed E-state index contributed by atoms with van der Waals surface area (Å²) in [5.74, 6) is 0.135. The maximum atomic E-state index is 13.1. The van der Waals surface area contributed by atoms with Crippen LogP contribution in [0.5, 0.6) is 0 Å². The molecule has 1 fully saturated rings. The number of carbonyl (C=O) groups excluding carboxylic acids is 1. The minimum absolute atomic E-state index is 0.0196. The molecule has 0 heterocycles. The lowest BCUT2D eigenvalue weighted by Gasteiger charge is -2.18. The van der Waals surface area contributed by atoms with Gasteiger partial charge in [0.25, 0.3) is 0 Å². The quantitative estimate of drug-likeness (QED) is 0.766. The molecule has 0 radical (unpaired) electrons. The molecule has 3 rings (SSSR count). The lowest BCUT2D eigenvalue weighted by molar-refractivity contribution is -0.137. The van der Waals surface area contributed by atoms with Crippen LogP contribution in [0.2, 0.25) is 0 Å². The Morgan fingerprint density at radius 1 is 1.15 bits per heavy atom. The van der Waals surface area contributed by atoms with Crippen LogP contribution in [0, 0.1) is 17.2 Å². The highest BCUT2D eigenvalue weighted by atomic mass is 19.4. The fourth-order valence-electron chi connectivity index (χ4n) is 2.74. The highest BCUT2D eigenvalue weighted by Crippen LogP contribution is 2.34. The van der Waals surface area contributed by atoms with E-state index in [1.807, 2.05) is 19.1 Å². The van der Waals surface area contributed by atoms with Gasteiger partial charge >= 0.3 is 6.18 Å². The van der Waals surface area contributed by atoms with Crippen molar-refractivity contribution >= 4 is 17.3 Å². The van der Waals surface area contributed by atoms with E-state index in [2.05, 4.69) is 10.6 Å². The third-order valence-corrected chi connectivity index (χ3v) is 4.45. The molecule has 0 aliphatic heterocycles. The molecule has 1 atom stereocenters. The van der Waals surface area contributed by atoms with Gasteiger partial charge in [-0.2, -0.15) is 18.4 Å². The number of nitrogens with one attached hydrogen (secondary N) is 2. The summed E-state index contributed by atoms with van der Waals surface area (Å²) in [5.41, 5.74) is 0.467. The van der Waals surface area contributed by atoms with Gasteiger partial charge in [0.2, 0.25) is 5.91 Å². The third kappa shape index (κ3) is 4.59. The number of halogens is 3. The number of benzene rings is 2. The second kappa shape index (κ2) is 7.31. The van der Waals surface area contributed by atoms with Crippen LogP contribution < -0.4 is 10.6 Å². The van der Waals surface area contributed by atoms with E-state index < -0.39 is 17.3 Å². The first-order chi connectivity index (χ1) is 12.8. The molecule has 2 N–H and O–H groups in total. The standard InChI is InChI=1S/C20H18F3N3O/c1-12(13-4-7-16(8-5-13)26-19(27)14-2-3-14)25-17-9-6-15(11-24)18(10-17)20(21,22)23/h4-10,12,14,25H,2-3H2,1H3,(H,26,27). The van der Waals surface area contributed by atoms with E-state index in [0.717, 1.165) is 30.5 Å². The Kier molecular flexibility index (Phi) is 5.08. The predicted octanol–water partition coefficient (Wildman–Crippen LogP) is 5.10. The van der Waals surface area contributed by atoms with Crippen molar-refractivity contribution in [3.05, 3.63) is 59.2 Å². The van der Waals surface area contributed by atoms with Gasteiger partial charge in [-0.05, 0) is 55.7 Å². The fourth-order valence-corrected chi connectivity index (χ4v) is 2.74. The number of nitrogens with zero attached hydrogens (tertiary/aromatic N) is 1. The molecule has 1 aliphatic rings. The van der Waals surface area contributed by atoms with Crippen LogP contribution in [0.25, 0.3) is 0 Å². The smallest absolute Gasteiger partial charge is 0.379 e. The van der Waals surface area contributed by atoms with Crippen molar-refractivity contribution in [2.45, 2.75) is 32.0 Å². The van der Waals surface area contributed by atoms with Gasteiger partial charge in [-0.25, -0.2) is 0 Å². The molecular weight excluding hydrogens is 355 g/mol. The summed E-state index contributed by atoms with van der Waals surface area (Å²) in [7, 11) is 0. The lowest BCUT2D eigenvalue weighted by Crippen LogP contribution is -2.13. The van der Waals surface area contributed by atoms with E-state index in [1.165, 1.54) is 6.07 Å². The first-order valence-corrected chi connectivity index (χ1v) is 8.56. The van der Waals surface area contributed by atoms with Gasteiger partial charge in [0.15, 0.2) is 0 Å². The van der Waals surface area contributed by atoms with Crippen LogP contribution in [0.3, 0.4) is 0 Å². The van der Waals surface area contributed by atoms with E-state index in [4.69, 9.17) is 5.26 Å². The summed E-state index contributed by atoms with van der Waals surface area (Å²) in [6, 6.07) is 12.0. The number of alkyl halides is 3. The second-order valence-corrected chi connectivity index (χ2v) is 6.62. The zero-order chi connectivity index (χ0) is 19.6. The number of hydrogen-bond acceptors (Lipinski definition) is 3. The minimum Gasteiger partial charge on any atom is -0.379 e. The van der Waals surface area contributed by atoms with Crippen LogP contribution >= 0.6 is 0 Å².